The molecule has 0 aromatic heterocycles. The van der Waals surface area contributed by atoms with E-state index < -0.39 is 5.12 Å². The lowest BCUT2D eigenvalue weighted by molar-refractivity contribution is -0.107. The normalized spacial score (nSPS) is 13.1. The van der Waals surface area contributed by atoms with Crippen LogP contribution in [0.25, 0.3) is 0 Å². The van der Waals surface area contributed by atoms with Crippen LogP contribution in [0.4, 0.5) is 0 Å². The second-order valence-corrected chi connectivity index (χ2v) is 11.1. The Balaban J connectivity index is 2.32. The maximum Gasteiger partial charge on any atom is 0.237 e. The molecule has 2 rings (SSSR count). The average Bonchev–Trinajstić information content (AvgIpc) is 2.73. The Morgan fingerprint density at radius 1 is 0.667 bits per heavy atom. The molecule has 0 saturated carbocycles. The van der Waals surface area contributed by atoms with Crippen molar-refractivity contribution in [3.63, 3.8) is 0 Å². The largest absolute Gasteiger partial charge is 0.280 e. The van der Waals surface area contributed by atoms with E-state index in [1.807, 2.05) is 31.2 Å². The van der Waals surface area contributed by atoms with Crippen molar-refractivity contribution in [3.05, 3.63) is 74.4 Å². The molecule has 0 fully saturated rings. The Bertz CT molecular complexity index is 1030. The van der Waals surface area contributed by atoms with E-state index >= 15 is 0 Å². The summed E-state index contributed by atoms with van der Waals surface area (Å²) in [7, 11) is 0. The predicted molar refractivity (Wildman–Crippen MR) is 137 cm³/mol. The van der Waals surface area contributed by atoms with Crippen LogP contribution in [0.3, 0.4) is 0 Å². The number of allylic oxidation sites excluding steroid dienone is 2. The van der Waals surface area contributed by atoms with Crippen molar-refractivity contribution >= 4 is 133 Å². The molecule has 2 aromatic carbocycles. The van der Waals surface area contributed by atoms with E-state index in [1.165, 1.54) is 0 Å². The summed E-state index contributed by atoms with van der Waals surface area (Å²) in [5, 5.41) is -1.66. The fourth-order valence-corrected chi connectivity index (χ4v) is 5.92. The van der Waals surface area contributed by atoms with Gasteiger partial charge in [-0.1, -0.05) is 134 Å². The number of carbonyl (C=O) groups is 1. The number of hydrogen-bond donors (Lipinski definition) is 0. The molecule has 0 heterocycles. The first-order valence-electron chi connectivity index (χ1n) is 7.54. The van der Waals surface area contributed by atoms with Crippen molar-refractivity contribution in [1.29, 1.82) is 0 Å². The Hall–Kier alpha value is 0.900. The van der Waals surface area contributed by atoms with Crippen LogP contribution in [0.1, 0.15) is 5.56 Å². The molecule has 0 aliphatic rings. The molecular formula is C18H7Cl9OS2. The summed E-state index contributed by atoms with van der Waals surface area (Å²) >= 11 is 56.7. The van der Waals surface area contributed by atoms with Gasteiger partial charge in [0, 0.05) is 4.90 Å². The van der Waals surface area contributed by atoms with Crippen molar-refractivity contribution in [1.82, 2.24) is 0 Å². The second-order valence-electron chi connectivity index (χ2n) is 5.42. The van der Waals surface area contributed by atoms with Crippen molar-refractivity contribution in [2.45, 2.75) is 16.7 Å². The molecule has 0 radical (unpaired) electrons. The molecule has 0 bridgehead atoms. The van der Waals surface area contributed by atoms with Gasteiger partial charge in [-0.25, -0.2) is 0 Å². The van der Waals surface area contributed by atoms with Crippen LogP contribution >= 0.6 is 128 Å². The van der Waals surface area contributed by atoms with Gasteiger partial charge in [0.05, 0.1) is 44.4 Å². The van der Waals surface area contributed by atoms with Crippen LogP contribution in [0.5, 0.6) is 0 Å². The maximum absolute atomic E-state index is 12.6. The lowest BCUT2D eigenvalue weighted by Crippen LogP contribution is -1.96. The molecule has 12 heteroatoms. The molecule has 0 aliphatic heterocycles. The molecule has 0 spiro atoms. The molecule has 2 aromatic rings. The van der Waals surface area contributed by atoms with E-state index in [1.54, 1.807) is 0 Å². The number of thioether (sulfide) groups is 2. The Morgan fingerprint density at radius 2 is 1.13 bits per heavy atom. The summed E-state index contributed by atoms with van der Waals surface area (Å²) in [4.78, 5) is 13.5. The van der Waals surface area contributed by atoms with Crippen LogP contribution < -0.4 is 0 Å². The van der Waals surface area contributed by atoms with E-state index in [4.69, 9.17) is 104 Å². The minimum atomic E-state index is -0.706. The molecule has 0 amide bonds. The Labute approximate surface area is 226 Å². The third-order valence-corrected chi connectivity index (χ3v) is 9.78. The summed E-state index contributed by atoms with van der Waals surface area (Å²) in [5.41, 5.74) is 1.09. The molecule has 0 atom stereocenters. The minimum absolute atomic E-state index is 0.0318. The molecule has 0 N–H and O–H groups in total. The van der Waals surface area contributed by atoms with Gasteiger partial charge in [-0.3, -0.25) is 4.79 Å². The number of aryl methyl sites for hydroxylation is 1. The summed E-state index contributed by atoms with van der Waals surface area (Å²) in [6, 6.07) is 7.57. The first-order chi connectivity index (χ1) is 14.0. The van der Waals surface area contributed by atoms with E-state index in [2.05, 4.69) is 0 Å². The standard InChI is InChI=1S/C18H7Cl9OS2/c1-6-2-4-7(5-3-6)29-17(27)14(25)11(22)15(26)18(28)30-16-12(23)9(20)8(19)10(21)13(16)24/h2-5H,1H3/b15-11-,17-14+. The molecule has 160 valence electrons. The van der Waals surface area contributed by atoms with E-state index in [0.717, 1.165) is 22.2 Å². The molecule has 0 unspecified atom stereocenters. The highest BCUT2D eigenvalue weighted by Gasteiger charge is 2.25. The zero-order chi connectivity index (χ0) is 22.7. The number of halogens is 9. The van der Waals surface area contributed by atoms with Gasteiger partial charge in [-0.15, -0.1) is 0 Å². The minimum Gasteiger partial charge on any atom is -0.280 e. The zero-order valence-electron chi connectivity index (χ0n) is 14.4. The van der Waals surface area contributed by atoms with Crippen LogP contribution in [0, 0.1) is 6.92 Å². The fourth-order valence-electron chi connectivity index (χ4n) is 1.84. The van der Waals surface area contributed by atoms with E-state index in [0.29, 0.717) is 11.8 Å². The quantitative estimate of drug-likeness (QED) is 0.109. The highest BCUT2D eigenvalue weighted by atomic mass is 35.5. The van der Waals surface area contributed by atoms with Gasteiger partial charge in [-0.05, 0) is 30.8 Å². The number of carbonyl (C=O) groups excluding carboxylic acids is 1. The smallest absolute Gasteiger partial charge is 0.237 e. The van der Waals surface area contributed by atoms with Gasteiger partial charge >= 0.3 is 0 Å². The number of benzene rings is 2. The SMILES string of the molecule is Cc1ccc(S/C(Cl)=C(Cl)\C(Cl)=C(\Cl)C(=O)Sc2c(Cl)c(Cl)c(Cl)c(Cl)c2Cl)cc1. The zero-order valence-corrected chi connectivity index (χ0v) is 22.9. The van der Waals surface area contributed by atoms with Crippen molar-refractivity contribution in [2.24, 2.45) is 0 Å². The molecular weight excluding hydrogens is 615 g/mol. The van der Waals surface area contributed by atoms with Gasteiger partial charge in [0.25, 0.3) is 0 Å². The lowest BCUT2D eigenvalue weighted by Gasteiger charge is -2.11. The summed E-state index contributed by atoms with van der Waals surface area (Å²) < 4.78 is 0.134. The third-order valence-electron chi connectivity index (χ3n) is 3.33. The topological polar surface area (TPSA) is 17.1 Å². The molecule has 30 heavy (non-hydrogen) atoms. The fraction of sp³-hybridized carbons (Fsp3) is 0.0556. The van der Waals surface area contributed by atoms with Crippen molar-refractivity contribution in [2.75, 3.05) is 0 Å². The summed E-state index contributed by atoms with van der Waals surface area (Å²) in [6.45, 7) is 1.96. The Kier molecular flexibility index (Phi) is 10.7. The molecule has 0 aliphatic carbocycles. The molecule has 1 nitrogen and oxygen atoms in total. The molecule has 0 saturated heterocycles. The van der Waals surface area contributed by atoms with Crippen molar-refractivity contribution in [3.8, 4) is 0 Å². The van der Waals surface area contributed by atoms with Crippen LogP contribution in [0.2, 0.25) is 25.1 Å². The predicted octanol–water partition coefficient (Wildman–Crippen LogP) is 11.0. The average molecular weight is 622 g/mol. The number of rotatable bonds is 5. The summed E-state index contributed by atoms with van der Waals surface area (Å²) in [5.74, 6) is 0. The monoisotopic (exact) mass is 618 g/mol. The van der Waals surface area contributed by atoms with Gasteiger partial charge < -0.3 is 0 Å². The highest BCUT2D eigenvalue weighted by Crippen LogP contribution is 2.49. The van der Waals surface area contributed by atoms with Gasteiger partial charge in [-0.2, -0.15) is 0 Å². The first kappa shape index (κ1) is 27.1. The number of hydrogen-bond acceptors (Lipinski definition) is 3. The van der Waals surface area contributed by atoms with Crippen molar-refractivity contribution < 1.29 is 4.79 Å². The lowest BCUT2D eigenvalue weighted by atomic mass is 10.2. The van der Waals surface area contributed by atoms with Crippen LogP contribution in [0.15, 0.2) is 53.5 Å². The maximum atomic E-state index is 12.6. The van der Waals surface area contributed by atoms with Gasteiger partial charge in [0.15, 0.2) is 0 Å². The third kappa shape index (κ3) is 6.48. The van der Waals surface area contributed by atoms with E-state index in [9.17, 15) is 4.79 Å². The van der Waals surface area contributed by atoms with Gasteiger partial charge in [0.1, 0.15) is 5.03 Å². The Morgan fingerprint density at radius 3 is 1.63 bits per heavy atom. The highest BCUT2D eigenvalue weighted by molar-refractivity contribution is 8.14. The summed E-state index contributed by atoms with van der Waals surface area (Å²) in [6.07, 6.45) is 0. The van der Waals surface area contributed by atoms with Crippen LogP contribution in [-0.4, -0.2) is 5.12 Å². The second kappa shape index (κ2) is 11.9. The van der Waals surface area contributed by atoms with E-state index in [-0.39, 0.29) is 49.5 Å². The van der Waals surface area contributed by atoms with Crippen LogP contribution in [-0.2, 0) is 4.79 Å². The van der Waals surface area contributed by atoms with Gasteiger partial charge in [0.2, 0.25) is 5.12 Å². The first-order valence-corrected chi connectivity index (χ1v) is 12.6.